The Labute approximate surface area is 126 Å². The number of carbonyl (C=O) groups excluding carboxylic acids is 1. The van der Waals surface area contributed by atoms with Crippen molar-refractivity contribution in [3.05, 3.63) is 35.9 Å². The fourth-order valence-electron chi connectivity index (χ4n) is 2.86. The van der Waals surface area contributed by atoms with E-state index < -0.39 is 11.5 Å². The van der Waals surface area contributed by atoms with Gasteiger partial charge in [-0.2, -0.15) is 0 Å². The van der Waals surface area contributed by atoms with Gasteiger partial charge >= 0.3 is 0 Å². The van der Waals surface area contributed by atoms with Crippen LogP contribution in [-0.2, 0) is 10.2 Å². The average molecular weight is 290 g/mol. The van der Waals surface area contributed by atoms with Crippen LogP contribution >= 0.6 is 0 Å². The molecule has 1 aliphatic heterocycles. The third kappa shape index (κ3) is 3.63. The van der Waals surface area contributed by atoms with Gasteiger partial charge in [0.25, 0.3) is 0 Å². The highest BCUT2D eigenvalue weighted by atomic mass is 16.3. The van der Waals surface area contributed by atoms with Gasteiger partial charge in [-0.25, -0.2) is 0 Å². The summed E-state index contributed by atoms with van der Waals surface area (Å²) in [5.41, 5.74) is 0.603. The van der Waals surface area contributed by atoms with Gasteiger partial charge in [0, 0.05) is 6.54 Å². The third-order valence-electron chi connectivity index (χ3n) is 4.46. The number of hydrogen-bond donors (Lipinski definition) is 3. The summed E-state index contributed by atoms with van der Waals surface area (Å²) in [7, 11) is 0. The molecule has 1 atom stereocenters. The van der Waals surface area contributed by atoms with Crippen molar-refractivity contribution in [2.24, 2.45) is 5.92 Å². The summed E-state index contributed by atoms with van der Waals surface area (Å²) in [6, 6.07) is 10.00. The van der Waals surface area contributed by atoms with E-state index in [9.17, 15) is 9.90 Å². The van der Waals surface area contributed by atoms with E-state index in [0.29, 0.717) is 6.54 Å². The SMILES string of the molecule is CC(C)C(O)CNC(=O)C1(c2ccccc2)CCNCC1. The van der Waals surface area contributed by atoms with E-state index in [2.05, 4.69) is 10.6 Å². The Hall–Kier alpha value is -1.39. The molecule has 0 aromatic heterocycles. The van der Waals surface area contributed by atoms with Gasteiger partial charge < -0.3 is 15.7 Å². The van der Waals surface area contributed by atoms with E-state index in [1.165, 1.54) is 0 Å². The molecule has 4 nitrogen and oxygen atoms in total. The van der Waals surface area contributed by atoms with Gasteiger partial charge in [0.05, 0.1) is 11.5 Å². The van der Waals surface area contributed by atoms with Gasteiger partial charge in [-0.15, -0.1) is 0 Å². The van der Waals surface area contributed by atoms with E-state index in [4.69, 9.17) is 0 Å². The maximum Gasteiger partial charge on any atom is 0.230 e. The molecule has 2 rings (SSSR count). The number of benzene rings is 1. The monoisotopic (exact) mass is 290 g/mol. The Kier molecular flexibility index (Phi) is 5.37. The average Bonchev–Trinajstić information content (AvgIpc) is 2.53. The second kappa shape index (κ2) is 7.05. The zero-order valence-electron chi connectivity index (χ0n) is 12.9. The zero-order valence-corrected chi connectivity index (χ0v) is 12.9. The minimum Gasteiger partial charge on any atom is -0.391 e. The topological polar surface area (TPSA) is 61.4 Å². The quantitative estimate of drug-likeness (QED) is 0.769. The lowest BCUT2D eigenvalue weighted by Crippen LogP contribution is -2.52. The summed E-state index contributed by atoms with van der Waals surface area (Å²) < 4.78 is 0. The van der Waals surface area contributed by atoms with Crippen molar-refractivity contribution in [3.63, 3.8) is 0 Å². The molecule has 4 heteroatoms. The van der Waals surface area contributed by atoms with Crippen LogP contribution in [0.2, 0.25) is 0 Å². The molecule has 1 aromatic rings. The Morgan fingerprint density at radius 2 is 1.90 bits per heavy atom. The molecule has 3 N–H and O–H groups in total. The molecule has 1 aliphatic rings. The summed E-state index contributed by atoms with van der Waals surface area (Å²) in [6.07, 6.45) is 1.09. The molecule has 0 saturated carbocycles. The molecule has 1 aromatic carbocycles. The van der Waals surface area contributed by atoms with Crippen molar-refractivity contribution in [2.75, 3.05) is 19.6 Å². The summed E-state index contributed by atoms with van der Waals surface area (Å²) >= 11 is 0. The number of nitrogens with one attached hydrogen (secondary N) is 2. The van der Waals surface area contributed by atoms with Crippen LogP contribution in [0, 0.1) is 5.92 Å². The van der Waals surface area contributed by atoms with Gasteiger partial charge in [0.15, 0.2) is 0 Å². The van der Waals surface area contributed by atoms with Crippen LogP contribution in [0.25, 0.3) is 0 Å². The lowest BCUT2D eigenvalue weighted by Gasteiger charge is -2.37. The van der Waals surface area contributed by atoms with Crippen LogP contribution < -0.4 is 10.6 Å². The van der Waals surface area contributed by atoms with Crippen molar-refractivity contribution in [1.82, 2.24) is 10.6 Å². The molecule has 1 fully saturated rings. The minimum atomic E-state index is -0.497. The van der Waals surface area contributed by atoms with Crippen LogP contribution in [0.3, 0.4) is 0 Å². The molecule has 116 valence electrons. The lowest BCUT2D eigenvalue weighted by molar-refractivity contribution is -0.128. The first-order valence-electron chi connectivity index (χ1n) is 7.79. The van der Waals surface area contributed by atoms with E-state index in [1.807, 2.05) is 44.2 Å². The summed E-state index contributed by atoms with van der Waals surface area (Å²) in [5.74, 6) is 0.181. The van der Waals surface area contributed by atoms with Crippen LogP contribution in [-0.4, -0.2) is 36.8 Å². The second-order valence-electron chi connectivity index (χ2n) is 6.22. The Morgan fingerprint density at radius 3 is 2.48 bits per heavy atom. The standard InChI is InChI=1S/C17H26N2O2/c1-13(2)15(20)12-19-16(21)17(8-10-18-11-9-17)14-6-4-3-5-7-14/h3-7,13,15,18,20H,8-12H2,1-2H3,(H,19,21). The van der Waals surface area contributed by atoms with Crippen LogP contribution in [0.15, 0.2) is 30.3 Å². The molecular formula is C17H26N2O2. The minimum absolute atomic E-state index is 0.0369. The highest BCUT2D eigenvalue weighted by Gasteiger charge is 2.41. The van der Waals surface area contributed by atoms with Gasteiger partial charge in [-0.05, 0) is 37.4 Å². The fraction of sp³-hybridized carbons (Fsp3) is 0.588. The van der Waals surface area contributed by atoms with Crippen molar-refractivity contribution in [2.45, 2.75) is 38.2 Å². The highest BCUT2D eigenvalue weighted by Crippen LogP contribution is 2.33. The number of piperidine rings is 1. The largest absolute Gasteiger partial charge is 0.391 e. The van der Waals surface area contributed by atoms with E-state index in [-0.39, 0.29) is 11.8 Å². The molecule has 1 unspecified atom stereocenters. The maximum absolute atomic E-state index is 12.8. The second-order valence-corrected chi connectivity index (χ2v) is 6.22. The Morgan fingerprint density at radius 1 is 1.29 bits per heavy atom. The van der Waals surface area contributed by atoms with Crippen LogP contribution in [0.1, 0.15) is 32.3 Å². The zero-order chi connectivity index (χ0) is 15.3. The number of carbonyl (C=O) groups is 1. The molecule has 0 bridgehead atoms. The lowest BCUT2D eigenvalue weighted by atomic mass is 9.72. The molecule has 0 aliphatic carbocycles. The van der Waals surface area contributed by atoms with Crippen LogP contribution in [0.5, 0.6) is 0 Å². The first-order valence-corrected chi connectivity index (χ1v) is 7.79. The first-order chi connectivity index (χ1) is 10.1. The van der Waals surface area contributed by atoms with E-state index in [0.717, 1.165) is 31.5 Å². The van der Waals surface area contributed by atoms with Gasteiger partial charge in [0.2, 0.25) is 5.91 Å². The fourth-order valence-corrected chi connectivity index (χ4v) is 2.86. The van der Waals surface area contributed by atoms with Crippen molar-refractivity contribution in [1.29, 1.82) is 0 Å². The molecule has 0 radical (unpaired) electrons. The van der Waals surface area contributed by atoms with E-state index in [1.54, 1.807) is 0 Å². The number of aliphatic hydroxyl groups excluding tert-OH is 1. The number of rotatable bonds is 5. The molecule has 1 amide bonds. The van der Waals surface area contributed by atoms with Crippen molar-refractivity contribution >= 4 is 5.91 Å². The predicted molar refractivity (Wildman–Crippen MR) is 84.1 cm³/mol. The Balaban J connectivity index is 2.14. The molecule has 0 spiro atoms. The molecule has 1 heterocycles. The van der Waals surface area contributed by atoms with Gasteiger partial charge in [-0.3, -0.25) is 4.79 Å². The number of amides is 1. The summed E-state index contributed by atoms with van der Waals surface area (Å²) in [5, 5.41) is 16.2. The number of aliphatic hydroxyl groups is 1. The van der Waals surface area contributed by atoms with Crippen LogP contribution in [0.4, 0.5) is 0 Å². The van der Waals surface area contributed by atoms with Crippen molar-refractivity contribution < 1.29 is 9.90 Å². The highest BCUT2D eigenvalue weighted by molar-refractivity contribution is 5.88. The Bertz CT molecular complexity index is 453. The number of hydrogen-bond acceptors (Lipinski definition) is 3. The smallest absolute Gasteiger partial charge is 0.230 e. The molecule has 1 saturated heterocycles. The van der Waals surface area contributed by atoms with Crippen molar-refractivity contribution in [3.8, 4) is 0 Å². The first kappa shape index (κ1) is 16.0. The van der Waals surface area contributed by atoms with Gasteiger partial charge in [0.1, 0.15) is 0 Å². The molecular weight excluding hydrogens is 264 g/mol. The third-order valence-corrected chi connectivity index (χ3v) is 4.46. The van der Waals surface area contributed by atoms with Gasteiger partial charge in [-0.1, -0.05) is 44.2 Å². The predicted octanol–water partition coefficient (Wildman–Crippen LogP) is 1.44. The van der Waals surface area contributed by atoms with E-state index >= 15 is 0 Å². The summed E-state index contributed by atoms with van der Waals surface area (Å²) in [6.45, 7) is 5.91. The maximum atomic E-state index is 12.8. The summed E-state index contributed by atoms with van der Waals surface area (Å²) in [4.78, 5) is 12.8. The molecule has 21 heavy (non-hydrogen) atoms. The normalized spacial score (nSPS) is 19.2.